The van der Waals surface area contributed by atoms with E-state index < -0.39 is 5.41 Å². The van der Waals surface area contributed by atoms with Crippen molar-refractivity contribution in [3.63, 3.8) is 0 Å². The number of unbranched alkanes of at least 4 members (excludes halogenated alkanes) is 1. The molecule has 0 aromatic heterocycles. The van der Waals surface area contributed by atoms with Crippen LogP contribution in [0.1, 0.15) is 79.6 Å². The van der Waals surface area contributed by atoms with Gasteiger partial charge in [0.2, 0.25) is 0 Å². The number of rotatable bonds is 9. The summed E-state index contributed by atoms with van der Waals surface area (Å²) in [6, 6.07) is 0. The van der Waals surface area contributed by atoms with E-state index in [1.54, 1.807) is 0 Å². The molecular weight excluding hydrogens is 262 g/mol. The highest BCUT2D eigenvalue weighted by molar-refractivity contribution is 7.80. The van der Waals surface area contributed by atoms with Gasteiger partial charge in [0.15, 0.2) is 0 Å². The Kier molecular flexibility index (Phi) is 13.5. The standard InChI is InChI=1S/C13H28FPS.C2H6/c1-4-7-9-12(11-16,8-5-2)10-13(14,15)6-3;1-2/h16H,4-11,15H2,1-3H3;1-2H3. The third-order valence-electron chi connectivity index (χ3n) is 3.43. The van der Waals surface area contributed by atoms with Crippen LogP contribution in [0.3, 0.4) is 0 Å². The predicted octanol–water partition coefficient (Wildman–Crippen LogP) is 6.26. The van der Waals surface area contributed by atoms with E-state index in [0.29, 0.717) is 12.8 Å². The van der Waals surface area contributed by atoms with Crippen molar-refractivity contribution in [3.05, 3.63) is 0 Å². The molecule has 0 nitrogen and oxygen atoms in total. The number of thiol groups is 1. The van der Waals surface area contributed by atoms with Crippen molar-refractivity contribution in [2.75, 3.05) is 5.75 Å². The Bertz CT molecular complexity index is 185. The van der Waals surface area contributed by atoms with E-state index in [9.17, 15) is 4.39 Å². The molecule has 0 rings (SSSR count). The molecule has 0 radical (unpaired) electrons. The minimum Gasteiger partial charge on any atom is -0.240 e. The van der Waals surface area contributed by atoms with Crippen molar-refractivity contribution in [1.82, 2.24) is 0 Å². The average molecular weight is 296 g/mol. The molecule has 0 saturated carbocycles. The third-order valence-corrected chi connectivity index (χ3v) is 4.72. The van der Waals surface area contributed by atoms with Gasteiger partial charge < -0.3 is 0 Å². The van der Waals surface area contributed by atoms with E-state index in [1.807, 2.05) is 20.8 Å². The summed E-state index contributed by atoms with van der Waals surface area (Å²) in [5, 5.41) is -1.11. The summed E-state index contributed by atoms with van der Waals surface area (Å²) >= 11 is 4.48. The zero-order valence-electron chi connectivity index (χ0n) is 13.1. The first-order chi connectivity index (χ1) is 8.45. The van der Waals surface area contributed by atoms with Crippen LogP contribution in [0.4, 0.5) is 4.39 Å². The number of halogens is 1. The Balaban J connectivity index is 0. The Hall–Kier alpha value is 0.710. The zero-order chi connectivity index (χ0) is 14.7. The molecular formula is C15H34FPS. The molecule has 0 bridgehead atoms. The zero-order valence-corrected chi connectivity index (χ0v) is 15.1. The topological polar surface area (TPSA) is 0 Å². The number of alkyl halides is 1. The Morgan fingerprint density at radius 3 is 1.94 bits per heavy atom. The Morgan fingerprint density at radius 1 is 1.06 bits per heavy atom. The second kappa shape index (κ2) is 11.5. The Labute approximate surface area is 123 Å². The van der Waals surface area contributed by atoms with Gasteiger partial charge in [0, 0.05) is 0 Å². The minimum atomic E-state index is -1.11. The summed E-state index contributed by atoms with van der Waals surface area (Å²) in [4.78, 5) is 0. The normalized spacial score (nSPS) is 17.3. The number of hydrogen-bond acceptors (Lipinski definition) is 1. The minimum absolute atomic E-state index is 0.0976. The van der Waals surface area contributed by atoms with E-state index in [-0.39, 0.29) is 5.41 Å². The van der Waals surface area contributed by atoms with Crippen molar-refractivity contribution in [2.45, 2.75) is 85.0 Å². The van der Waals surface area contributed by atoms with Crippen molar-refractivity contribution in [1.29, 1.82) is 0 Å². The summed E-state index contributed by atoms with van der Waals surface area (Å²) < 4.78 is 14.2. The van der Waals surface area contributed by atoms with Gasteiger partial charge in [-0.25, -0.2) is 4.39 Å². The lowest BCUT2D eigenvalue weighted by Crippen LogP contribution is -2.31. The van der Waals surface area contributed by atoms with Crippen LogP contribution in [0.5, 0.6) is 0 Å². The molecule has 0 spiro atoms. The van der Waals surface area contributed by atoms with Gasteiger partial charge in [-0.1, -0.05) is 63.1 Å². The van der Waals surface area contributed by atoms with Gasteiger partial charge >= 0.3 is 0 Å². The van der Waals surface area contributed by atoms with Crippen LogP contribution in [0.25, 0.3) is 0 Å². The highest BCUT2D eigenvalue weighted by Crippen LogP contribution is 2.44. The van der Waals surface area contributed by atoms with E-state index in [1.165, 1.54) is 12.8 Å². The van der Waals surface area contributed by atoms with Crippen LogP contribution in [0.15, 0.2) is 0 Å². The molecule has 0 N–H and O–H groups in total. The molecule has 3 heteroatoms. The van der Waals surface area contributed by atoms with Crippen molar-refractivity contribution in [2.24, 2.45) is 5.41 Å². The van der Waals surface area contributed by atoms with Crippen molar-refractivity contribution >= 4 is 21.9 Å². The summed E-state index contributed by atoms with van der Waals surface area (Å²) in [6.07, 6.45) is 6.90. The fourth-order valence-corrected chi connectivity index (χ4v) is 3.21. The lowest BCUT2D eigenvalue weighted by molar-refractivity contribution is 0.141. The molecule has 0 aliphatic heterocycles. The SMILES string of the molecule is CC.CCCCC(CS)(CCC)CC(F)(P)CC. The third kappa shape index (κ3) is 8.75. The molecule has 0 fully saturated rings. The molecule has 0 amide bonds. The molecule has 0 saturated heterocycles. The largest absolute Gasteiger partial charge is 0.240 e. The second-order valence-electron chi connectivity index (χ2n) is 5.08. The molecule has 3 atom stereocenters. The van der Waals surface area contributed by atoms with Crippen molar-refractivity contribution in [3.8, 4) is 0 Å². The van der Waals surface area contributed by atoms with Crippen LogP contribution in [0, 0.1) is 5.41 Å². The average Bonchev–Trinajstić information content (AvgIpc) is 2.38. The van der Waals surface area contributed by atoms with E-state index in [4.69, 9.17) is 0 Å². The van der Waals surface area contributed by atoms with E-state index in [0.717, 1.165) is 25.0 Å². The monoisotopic (exact) mass is 296 g/mol. The van der Waals surface area contributed by atoms with Crippen LogP contribution >= 0.6 is 21.9 Å². The fourth-order valence-electron chi connectivity index (χ4n) is 2.35. The van der Waals surface area contributed by atoms with Gasteiger partial charge in [0.1, 0.15) is 5.41 Å². The van der Waals surface area contributed by atoms with Gasteiger partial charge in [-0.15, -0.1) is 0 Å². The van der Waals surface area contributed by atoms with Gasteiger partial charge in [0.25, 0.3) is 0 Å². The lowest BCUT2D eigenvalue weighted by Gasteiger charge is -2.37. The van der Waals surface area contributed by atoms with E-state index in [2.05, 4.69) is 35.7 Å². The highest BCUT2D eigenvalue weighted by Gasteiger charge is 2.36. The first kappa shape index (κ1) is 21.0. The molecule has 0 aliphatic carbocycles. The molecule has 0 aromatic carbocycles. The van der Waals surface area contributed by atoms with Crippen molar-refractivity contribution < 1.29 is 4.39 Å². The molecule has 0 heterocycles. The summed E-state index contributed by atoms with van der Waals surface area (Å²) in [6.45, 7) is 10.3. The molecule has 3 unspecified atom stereocenters. The van der Waals surface area contributed by atoms with Crippen LogP contribution in [-0.2, 0) is 0 Å². The fraction of sp³-hybridized carbons (Fsp3) is 1.00. The first-order valence-corrected chi connectivity index (χ1v) is 8.75. The molecule has 18 heavy (non-hydrogen) atoms. The predicted molar refractivity (Wildman–Crippen MR) is 90.5 cm³/mol. The number of hydrogen-bond donors (Lipinski definition) is 1. The summed E-state index contributed by atoms with van der Waals surface area (Å²) in [5.74, 6) is 0.806. The van der Waals surface area contributed by atoms with Gasteiger partial charge in [-0.3, -0.25) is 0 Å². The highest BCUT2D eigenvalue weighted by atomic mass is 32.1. The molecule has 112 valence electrons. The van der Waals surface area contributed by atoms with Crippen LogP contribution in [0.2, 0.25) is 0 Å². The maximum atomic E-state index is 14.2. The smallest absolute Gasteiger partial charge is 0.124 e. The van der Waals surface area contributed by atoms with E-state index >= 15 is 0 Å². The van der Waals surface area contributed by atoms with Gasteiger partial charge in [-0.05, 0) is 36.9 Å². The van der Waals surface area contributed by atoms with Gasteiger partial charge in [0.05, 0.1) is 0 Å². The maximum Gasteiger partial charge on any atom is 0.124 e. The lowest BCUT2D eigenvalue weighted by atomic mass is 9.76. The molecule has 0 aliphatic rings. The maximum absolute atomic E-state index is 14.2. The second-order valence-corrected chi connectivity index (χ2v) is 6.43. The first-order valence-electron chi connectivity index (χ1n) is 7.54. The summed E-state index contributed by atoms with van der Waals surface area (Å²) in [7, 11) is 2.40. The van der Waals surface area contributed by atoms with Gasteiger partial charge in [-0.2, -0.15) is 12.6 Å². The Morgan fingerprint density at radius 2 is 1.61 bits per heavy atom. The summed E-state index contributed by atoms with van der Waals surface area (Å²) in [5.41, 5.74) is 0.0976. The quantitative estimate of drug-likeness (QED) is 0.377. The molecule has 0 aromatic rings. The van der Waals surface area contributed by atoms with Crippen LogP contribution in [-0.4, -0.2) is 11.2 Å². The van der Waals surface area contributed by atoms with Crippen LogP contribution < -0.4 is 0 Å².